The van der Waals surface area contributed by atoms with Gasteiger partial charge in [-0.3, -0.25) is 0 Å². The zero-order valence-corrected chi connectivity index (χ0v) is 24.9. The number of hydrogen-bond donors (Lipinski definition) is 3. The van der Waals surface area contributed by atoms with Crippen LogP contribution in [0.15, 0.2) is 90.5 Å². The van der Waals surface area contributed by atoms with E-state index in [2.05, 4.69) is 55.6 Å². The van der Waals surface area contributed by atoms with Crippen molar-refractivity contribution in [2.75, 3.05) is 19.8 Å². The lowest BCUT2D eigenvalue weighted by molar-refractivity contribution is 0.116. The van der Waals surface area contributed by atoms with E-state index in [4.69, 9.17) is 14.2 Å². The fourth-order valence-corrected chi connectivity index (χ4v) is 4.96. The Labute approximate surface area is 253 Å². The smallest absolute Gasteiger partial charge is 0.407 e. The standard InChI is InChI=1S/C36H41NO6/c1-3-4-5-14-33-26(2)18-29-12-6-7-15-34(29)35(33)25-43-36(40)37-16-8-9-17-41-23-27-11-10-13-32(21-27)42-24-28-19-30(38)22-31(39)20-28/h4-7,10-15,18-22,26,38-39H,3,8-9,16-17,23-25H2,1-2H3,(H,37,40)/b5-4-,33-14+. The van der Waals surface area contributed by atoms with Crippen LogP contribution in [0.3, 0.4) is 0 Å². The molecule has 0 saturated heterocycles. The quantitative estimate of drug-likeness (QED) is 0.205. The summed E-state index contributed by atoms with van der Waals surface area (Å²) in [5.74, 6) is 0.892. The maximum absolute atomic E-state index is 12.5. The van der Waals surface area contributed by atoms with E-state index < -0.39 is 6.09 Å². The molecule has 0 fully saturated rings. The molecular weight excluding hydrogens is 542 g/mol. The highest BCUT2D eigenvalue weighted by molar-refractivity contribution is 5.74. The van der Waals surface area contributed by atoms with E-state index in [-0.39, 0.29) is 30.6 Å². The molecule has 7 nitrogen and oxygen atoms in total. The van der Waals surface area contributed by atoms with Gasteiger partial charge in [-0.05, 0) is 70.7 Å². The number of benzene rings is 3. The Bertz CT molecular complexity index is 1540. The molecular formula is C36H41NO6. The summed E-state index contributed by atoms with van der Waals surface area (Å²) in [5.41, 5.74) is 3.86. The SMILES string of the molecule is CC/C=C\C=C1\C(COC(=O)NCCCCOCc2cccc(OCc3cc(O)cc(O)c3)c2)=c2ccccc2=CC1C. The number of carbonyl (C=O) groups is 1. The lowest BCUT2D eigenvalue weighted by atomic mass is 9.86. The third kappa shape index (κ3) is 9.79. The molecule has 1 aliphatic carbocycles. The molecule has 0 spiro atoms. The Hall–Kier alpha value is -4.49. The largest absolute Gasteiger partial charge is 0.508 e. The number of allylic oxidation sites excluding steroid dienone is 3. The van der Waals surface area contributed by atoms with Gasteiger partial charge in [0.2, 0.25) is 0 Å². The van der Waals surface area contributed by atoms with E-state index >= 15 is 0 Å². The minimum atomic E-state index is -0.422. The van der Waals surface area contributed by atoms with Gasteiger partial charge in [0.1, 0.15) is 30.5 Å². The van der Waals surface area contributed by atoms with E-state index in [0.717, 1.165) is 35.6 Å². The monoisotopic (exact) mass is 583 g/mol. The van der Waals surface area contributed by atoms with Crippen LogP contribution in [-0.4, -0.2) is 36.1 Å². The van der Waals surface area contributed by atoms with Gasteiger partial charge in [-0.15, -0.1) is 0 Å². The van der Waals surface area contributed by atoms with Crippen molar-refractivity contribution < 1.29 is 29.2 Å². The molecule has 1 atom stereocenters. The van der Waals surface area contributed by atoms with Crippen LogP contribution < -0.4 is 20.5 Å². The van der Waals surface area contributed by atoms with E-state index in [1.807, 2.05) is 36.4 Å². The highest BCUT2D eigenvalue weighted by Crippen LogP contribution is 2.24. The maximum Gasteiger partial charge on any atom is 0.407 e. The van der Waals surface area contributed by atoms with Gasteiger partial charge < -0.3 is 29.7 Å². The Morgan fingerprint density at radius 1 is 0.930 bits per heavy atom. The maximum atomic E-state index is 12.5. The van der Waals surface area contributed by atoms with Crippen LogP contribution in [0.4, 0.5) is 4.79 Å². The van der Waals surface area contributed by atoms with Gasteiger partial charge in [0.15, 0.2) is 0 Å². The molecule has 4 rings (SSSR count). The first-order valence-corrected chi connectivity index (χ1v) is 14.8. The lowest BCUT2D eigenvalue weighted by Gasteiger charge is -2.21. The third-order valence-corrected chi connectivity index (χ3v) is 7.07. The lowest BCUT2D eigenvalue weighted by Crippen LogP contribution is -2.35. The second kappa shape index (κ2) is 16.2. The number of alkyl carbamates (subject to hydrolysis) is 1. The number of carbonyl (C=O) groups excluding carboxylic acids is 1. The van der Waals surface area contributed by atoms with Gasteiger partial charge in [-0.1, -0.05) is 74.5 Å². The first-order valence-electron chi connectivity index (χ1n) is 14.8. The average molecular weight is 584 g/mol. The molecule has 3 N–H and O–H groups in total. The third-order valence-electron chi connectivity index (χ3n) is 7.07. The molecule has 0 aliphatic heterocycles. The first kappa shape index (κ1) is 31.4. The topological polar surface area (TPSA) is 97.3 Å². The van der Waals surface area contributed by atoms with Crippen LogP contribution in [0, 0.1) is 5.92 Å². The van der Waals surface area contributed by atoms with E-state index in [9.17, 15) is 15.0 Å². The summed E-state index contributed by atoms with van der Waals surface area (Å²) < 4.78 is 17.3. The Kier molecular flexibility index (Phi) is 11.9. The second-order valence-corrected chi connectivity index (χ2v) is 10.5. The van der Waals surface area contributed by atoms with Crippen molar-refractivity contribution in [1.82, 2.24) is 5.32 Å². The van der Waals surface area contributed by atoms with Crippen molar-refractivity contribution in [3.8, 4) is 17.2 Å². The van der Waals surface area contributed by atoms with Gasteiger partial charge in [-0.25, -0.2) is 4.79 Å². The van der Waals surface area contributed by atoms with Gasteiger partial charge in [-0.2, -0.15) is 0 Å². The Morgan fingerprint density at radius 3 is 2.56 bits per heavy atom. The van der Waals surface area contributed by atoms with Crippen molar-refractivity contribution in [2.45, 2.75) is 46.3 Å². The fraction of sp³-hybridized carbons (Fsp3) is 0.306. The van der Waals surface area contributed by atoms with Crippen molar-refractivity contribution >= 4 is 17.7 Å². The molecule has 226 valence electrons. The summed E-state index contributed by atoms with van der Waals surface area (Å²) in [4.78, 5) is 12.5. The molecule has 0 aromatic heterocycles. The van der Waals surface area contributed by atoms with Crippen LogP contribution in [0.25, 0.3) is 11.6 Å². The Balaban J connectivity index is 1.16. The van der Waals surface area contributed by atoms with Gasteiger partial charge in [0, 0.05) is 30.7 Å². The first-order chi connectivity index (χ1) is 20.9. The molecule has 0 saturated carbocycles. The number of unbranched alkanes of at least 4 members (excludes halogenated alkanes) is 1. The number of aromatic hydroxyl groups is 2. The predicted molar refractivity (Wildman–Crippen MR) is 169 cm³/mol. The summed E-state index contributed by atoms with van der Waals surface area (Å²) in [6.45, 7) is 6.23. The van der Waals surface area contributed by atoms with Crippen molar-refractivity contribution in [1.29, 1.82) is 0 Å². The molecule has 1 aliphatic rings. The van der Waals surface area contributed by atoms with Gasteiger partial charge >= 0.3 is 6.09 Å². The summed E-state index contributed by atoms with van der Waals surface area (Å²) >= 11 is 0. The van der Waals surface area contributed by atoms with Crippen LogP contribution in [0.2, 0.25) is 0 Å². The number of amides is 1. The number of ether oxygens (including phenoxy) is 3. The number of phenolic OH excluding ortho intramolecular Hbond substituents is 2. The molecule has 7 heteroatoms. The average Bonchev–Trinajstić information content (AvgIpc) is 2.99. The van der Waals surface area contributed by atoms with Crippen molar-refractivity contribution in [3.63, 3.8) is 0 Å². The molecule has 43 heavy (non-hydrogen) atoms. The van der Waals surface area contributed by atoms with Crippen molar-refractivity contribution in [2.24, 2.45) is 5.92 Å². The number of hydrogen-bond acceptors (Lipinski definition) is 6. The minimum absolute atomic E-state index is 0.00644. The minimum Gasteiger partial charge on any atom is -0.508 e. The normalized spacial score (nSPS) is 15.3. The zero-order chi connectivity index (χ0) is 30.4. The number of rotatable bonds is 14. The number of phenols is 2. The van der Waals surface area contributed by atoms with Crippen LogP contribution in [-0.2, 0) is 22.7 Å². The summed E-state index contributed by atoms with van der Waals surface area (Å²) in [7, 11) is 0. The summed E-state index contributed by atoms with van der Waals surface area (Å²) in [6.07, 6.45) is 10.7. The summed E-state index contributed by atoms with van der Waals surface area (Å²) in [6, 6.07) is 20.2. The molecule has 1 amide bonds. The Morgan fingerprint density at radius 2 is 1.74 bits per heavy atom. The second-order valence-electron chi connectivity index (χ2n) is 10.5. The zero-order valence-electron chi connectivity index (χ0n) is 24.9. The fourth-order valence-electron chi connectivity index (χ4n) is 4.96. The van der Waals surface area contributed by atoms with E-state index in [0.29, 0.717) is 31.1 Å². The number of nitrogens with one attached hydrogen (secondary N) is 1. The highest BCUT2D eigenvalue weighted by Gasteiger charge is 2.18. The van der Waals surface area contributed by atoms with Crippen LogP contribution in [0.5, 0.6) is 17.2 Å². The number of fused-ring (bicyclic) bond motifs is 1. The molecule has 0 heterocycles. The van der Waals surface area contributed by atoms with E-state index in [1.165, 1.54) is 16.9 Å². The molecule has 1 unspecified atom stereocenters. The van der Waals surface area contributed by atoms with E-state index in [1.54, 1.807) is 12.1 Å². The van der Waals surface area contributed by atoms with Crippen LogP contribution in [0.1, 0.15) is 44.2 Å². The molecule has 3 aromatic rings. The predicted octanol–water partition coefficient (Wildman–Crippen LogP) is 5.87. The van der Waals surface area contributed by atoms with Crippen LogP contribution >= 0.6 is 0 Å². The molecule has 3 aromatic carbocycles. The van der Waals surface area contributed by atoms with Gasteiger partial charge in [0.25, 0.3) is 0 Å². The molecule has 0 bridgehead atoms. The van der Waals surface area contributed by atoms with Gasteiger partial charge in [0.05, 0.1) is 6.61 Å². The molecule has 0 radical (unpaired) electrons. The van der Waals surface area contributed by atoms with Crippen molar-refractivity contribution in [3.05, 3.63) is 112 Å². The summed E-state index contributed by atoms with van der Waals surface area (Å²) in [5, 5.41) is 24.4. The highest BCUT2D eigenvalue weighted by atomic mass is 16.5.